The fourth-order valence-electron chi connectivity index (χ4n) is 5.85. The largest absolute Gasteiger partial charge is 0.340 e. The second kappa shape index (κ2) is 4.47. The molecule has 0 radical (unpaired) electrons. The van der Waals surface area contributed by atoms with Crippen LogP contribution in [-0.4, -0.2) is 37.0 Å². The number of hydrogen-bond acceptors (Lipinski definition) is 2. The maximum absolute atomic E-state index is 11.9. The van der Waals surface area contributed by atoms with E-state index in [0.29, 0.717) is 17.9 Å². The molecule has 4 aliphatic carbocycles. The fraction of sp³-hybridized carbons (Fsp3) is 0.938. The Hall–Kier alpha value is -0.570. The summed E-state index contributed by atoms with van der Waals surface area (Å²) in [5.74, 6) is 3.41. The van der Waals surface area contributed by atoms with E-state index in [1.807, 2.05) is 0 Å². The molecule has 1 heterocycles. The Kier molecular flexibility index (Phi) is 2.87. The predicted octanol–water partition coefficient (Wildman–Crippen LogP) is 2.02. The van der Waals surface area contributed by atoms with Crippen molar-refractivity contribution in [1.82, 2.24) is 10.2 Å². The van der Waals surface area contributed by atoms with Gasteiger partial charge in [-0.25, -0.2) is 0 Å². The van der Waals surface area contributed by atoms with Crippen LogP contribution in [0, 0.1) is 23.2 Å². The van der Waals surface area contributed by atoms with Crippen molar-refractivity contribution in [1.29, 1.82) is 0 Å². The lowest BCUT2D eigenvalue weighted by molar-refractivity contribution is -0.133. The standard InChI is InChI=1S/C16H26N2O/c19-15-11-17-2-4-18(15)3-1-16-8-12-5-13(9-16)7-14(6-12)10-16/h12-14,17H,1-11H2. The summed E-state index contributed by atoms with van der Waals surface area (Å²) in [6, 6.07) is 0. The van der Waals surface area contributed by atoms with Crippen molar-refractivity contribution < 1.29 is 4.79 Å². The first kappa shape index (κ1) is 12.2. The zero-order valence-electron chi connectivity index (χ0n) is 11.9. The zero-order valence-corrected chi connectivity index (χ0v) is 11.9. The van der Waals surface area contributed by atoms with E-state index in [-0.39, 0.29) is 0 Å². The minimum atomic E-state index is 0.316. The van der Waals surface area contributed by atoms with Gasteiger partial charge in [-0.15, -0.1) is 0 Å². The van der Waals surface area contributed by atoms with Gasteiger partial charge in [0.15, 0.2) is 0 Å². The van der Waals surface area contributed by atoms with Gasteiger partial charge in [0.25, 0.3) is 0 Å². The molecular formula is C16H26N2O. The SMILES string of the molecule is O=C1CNCCN1CCC12CC3CC(CC(C3)C1)C2. The van der Waals surface area contributed by atoms with Crippen LogP contribution in [0.15, 0.2) is 0 Å². The van der Waals surface area contributed by atoms with Crippen molar-refractivity contribution in [2.75, 3.05) is 26.2 Å². The summed E-state index contributed by atoms with van der Waals surface area (Å²) in [6.07, 6.45) is 10.3. The third-order valence-electron chi connectivity index (χ3n) is 6.26. The summed E-state index contributed by atoms with van der Waals surface area (Å²) in [5.41, 5.74) is 0.625. The average Bonchev–Trinajstić information content (AvgIpc) is 2.36. The van der Waals surface area contributed by atoms with Crippen LogP contribution in [0.25, 0.3) is 0 Å². The molecule has 3 nitrogen and oxygen atoms in total. The molecule has 1 N–H and O–H groups in total. The van der Waals surface area contributed by atoms with E-state index < -0.39 is 0 Å². The van der Waals surface area contributed by atoms with Crippen LogP contribution in [-0.2, 0) is 4.79 Å². The molecule has 3 heteroatoms. The predicted molar refractivity (Wildman–Crippen MR) is 74.7 cm³/mol. The number of carbonyl (C=O) groups excluding carboxylic acids is 1. The Bertz CT molecular complexity index is 344. The lowest BCUT2D eigenvalue weighted by Gasteiger charge is -2.57. The van der Waals surface area contributed by atoms with Crippen molar-refractivity contribution >= 4 is 5.91 Å². The van der Waals surface area contributed by atoms with E-state index in [1.54, 1.807) is 0 Å². The van der Waals surface area contributed by atoms with Crippen molar-refractivity contribution in [2.24, 2.45) is 23.2 Å². The summed E-state index contributed by atoms with van der Waals surface area (Å²) in [5, 5.41) is 3.17. The maximum atomic E-state index is 11.9. The van der Waals surface area contributed by atoms with Gasteiger partial charge in [0.1, 0.15) is 0 Å². The van der Waals surface area contributed by atoms with Gasteiger partial charge in [0, 0.05) is 19.6 Å². The Labute approximate surface area is 116 Å². The van der Waals surface area contributed by atoms with Crippen molar-refractivity contribution in [3.8, 4) is 0 Å². The van der Waals surface area contributed by atoms with Crippen LogP contribution in [0.4, 0.5) is 0 Å². The maximum Gasteiger partial charge on any atom is 0.236 e. The van der Waals surface area contributed by atoms with E-state index in [2.05, 4.69) is 10.2 Å². The summed E-state index contributed by atoms with van der Waals surface area (Å²) >= 11 is 0. The third-order valence-corrected chi connectivity index (χ3v) is 6.26. The van der Waals surface area contributed by atoms with Crippen LogP contribution in [0.5, 0.6) is 0 Å². The number of piperazine rings is 1. The first-order valence-electron chi connectivity index (χ1n) is 8.21. The van der Waals surface area contributed by atoms with Gasteiger partial charge in [-0.2, -0.15) is 0 Å². The molecule has 0 atom stereocenters. The zero-order chi connectivity index (χ0) is 12.9. The molecular weight excluding hydrogens is 236 g/mol. The Morgan fingerprint density at radius 1 is 1.11 bits per heavy atom. The van der Waals surface area contributed by atoms with E-state index in [4.69, 9.17) is 0 Å². The number of nitrogens with zero attached hydrogens (tertiary/aromatic N) is 1. The van der Waals surface area contributed by atoms with Crippen LogP contribution >= 0.6 is 0 Å². The Morgan fingerprint density at radius 2 is 1.74 bits per heavy atom. The van der Waals surface area contributed by atoms with Crippen LogP contribution in [0.2, 0.25) is 0 Å². The lowest BCUT2D eigenvalue weighted by atomic mass is 9.49. The summed E-state index contributed by atoms with van der Waals surface area (Å²) in [4.78, 5) is 14.0. The van der Waals surface area contributed by atoms with E-state index in [1.165, 1.54) is 44.9 Å². The smallest absolute Gasteiger partial charge is 0.236 e. The van der Waals surface area contributed by atoms with Gasteiger partial charge in [-0.3, -0.25) is 4.79 Å². The van der Waals surface area contributed by atoms with Crippen LogP contribution in [0.3, 0.4) is 0 Å². The van der Waals surface area contributed by atoms with Gasteiger partial charge >= 0.3 is 0 Å². The summed E-state index contributed by atoms with van der Waals surface area (Å²) < 4.78 is 0. The van der Waals surface area contributed by atoms with Gasteiger partial charge < -0.3 is 10.2 Å². The number of hydrogen-bond donors (Lipinski definition) is 1. The van der Waals surface area contributed by atoms with Gasteiger partial charge in [-0.1, -0.05) is 0 Å². The number of nitrogens with one attached hydrogen (secondary N) is 1. The Balaban J connectivity index is 1.41. The monoisotopic (exact) mass is 262 g/mol. The van der Waals surface area contributed by atoms with E-state index >= 15 is 0 Å². The molecule has 0 unspecified atom stereocenters. The number of rotatable bonds is 3. The molecule has 4 saturated carbocycles. The quantitative estimate of drug-likeness (QED) is 0.844. The number of carbonyl (C=O) groups is 1. The minimum absolute atomic E-state index is 0.316. The highest BCUT2D eigenvalue weighted by Gasteiger charge is 2.50. The molecule has 5 fully saturated rings. The first-order valence-corrected chi connectivity index (χ1v) is 8.21. The second-order valence-electron chi connectivity index (χ2n) is 7.73. The van der Waals surface area contributed by atoms with Crippen LogP contribution < -0.4 is 5.32 Å². The first-order chi connectivity index (χ1) is 9.22. The van der Waals surface area contributed by atoms with Gasteiger partial charge in [-0.05, 0) is 68.1 Å². The summed E-state index contributed by atoms with van der Waals surface area (Å²) in [6.45, 7) is 3.48. The normalized spacial score (nSPS) is 44.9. The second-order valence-corrected chi connectivity index (χ2v) is 7.73. The van der Waals surface area contributed by atoms with Crippen molar-refractivity contribution in [3.63, 3.8) is 0 Å². The van der Waals surface area contributed by atoms with Crippen LogP contribution in [0.1, 0.15) is 44.9 Å². The molecule has 0 spiro atoms. The van der Waals surface area contributed by atoms with Crippen molar-refractivity contribution in [2.45, 2.75) is 44.9 Å². The fourth-order valence-corrected chi connectivity index (χ4v) is 5.85. The molecule has 0 aromatic rings. The molecule has 1 amide bonds. The molecule has 4 bridgehead atoms. The van der Waals surface area contributed by atoms with E-state index in [0.717, 1.165) is 37.4 Å². The highest BCUT2D eigenvalue weighted by molar-refractivity contribution is 5.78. The lowest BCUT2D eigenvalue weighted by Crippen LogP contribution is -2.51. The van der Waals surface area contributed by atoms with Crippen molar-refractivity contribution in [3.05, 3.63) is 0 Å². The molecule has 0 aromatic carbocycles. The highest BCUT2D eigenvalue weighted by Crippen LogP contribution is 2.61. The average molecular weight is 262 g/mol. The Morgan fingerprint density at radius 3 is 2.32 bits per heavy atom. The minimum Gasteiger partial charge on any atom is -0.340 e. The highest BCUT2D eigenvalue weighted by atomic mass is 16.2. The van der Waals surface area contributed by atoms with Gasteiger partial charge in [0.05, 0.1) is 6.54 Å². The molecule has 1 saturated heterocycles. The molecule has 19 heavy (non-hydrogen) atoms. The number of amides is 1. The summed E-state index contributed by atoms with van der Waals surface area (Å²) in [7, 11) is 0. The molecule has 5 aliphatic rings. The van der Waals surface area contributed by atoms with Gasteiger partial charge in [0.2, 0.25) is 5.91 Å². The molecule has 5 rings (SSSR count). The third kappa shape index (κ3) is 2.20. The molecule has 1 aliphatic heterocycles. The van der Waals surface area contributed by atoms with E-state index in [9.17, 15) is 4.79 Å². The molecule has 0 aromatic heterocycles. The topological polar surface area (TPSA) is 32.3 Å². The molecule has 106 valence electrons.